The first-order valence-corrected chi connectivity index (χ1v) is 11.0. The van der Waals surface area contributed by atoms with E-state index in [1.54, 1.807) is 6.07 Å². The summed E-state index contributed by atoms with van der Waals surface area (Å²) >= 11 is 0. The Morgan fingerprint density at radius 1 is 1.29 bits per heavy atom. The van der Waals surface area contributed by atoms with Gasteiger partial charge in [-0.2, -0.15) is 5.26 Å². The average Bonchev–Trinajstić information content (AvgIpc) is 2.75. The van der Waals surface area contributed by atoms with Gasteiger partial charge in [-0.15, -0.1) is 19.6 Å². The number of hydrogen-bond donors (Lipinski definition) is 2. The van der Waals surface area contributed by atoms with Crippen LogP contribution >= 0.6 is 0 Å². The van der Waals surface area contributed by atoms with Crippen LogP contribution in [0.4, 0.5) is 19.1 Å². The number of ether oxygens (including phenoxy) is 1. The summed E-state index contributed by atoms with van der Waals surface area (Å²) in [6.45, 7) is 4.45. The molecule has 1 aliphatic rings. The molecular weight excluding hydrogens is 445 g/mol. The van der Waals surface area contributed by atoms with E-state index in [1.165, 1.54) is 18.3 Å². The molecule has 0 spiro atoms. The Morgan fingerprint density at radius 3 is 2.71 bits per heavy atom. The number of hydrogen-bond acceptors (Lipinski definition) is 6. The number of nitrogens with one attached hydrogen (secondary N) is 1. The first-order chi connectivity index (χ1) is 16.0. The van der Waals surface area contributed by atoms with Crippen LogP contribution in [0.5, 0.6) is 5.75 Å². The second-order valence-electron chi connectivity index (χ2n) is 9.22. The maximum Gasteiger partial charge on any atom is 0.573 e. The summed E-state index contributed by atoms with van der Waals surface area (Å²) in [4.78, 5) is 8.71. The Labute approximate surface area is 197 Å². The molecule has 1 fully saturated rings. The van der Waals surface area contributed by atoms with Crippen molar-refractivity contribution < 1.29 is 23.0 Å². The number of halogens is 3. The molecule has 1 aromatic carbocycles. The van der Waals surface area contributed by atoms with Crippen molar-refractivity contribution in [2.24, 2.45) is 11.3 Å². The van der Waals surface area contributed by atoms with Crippen LogP contribution in [0.2, 0.25) is 0 Å². The van der Waals surface area contributed by atoms with E-state index >= 15 is 0 Å². The highest BCUT2D eigenvalue weighted by Crippen LogP contribution is 2.40. The lowest BCUT2D eigenvalue weighted by Gasteiger charge is -2.39. The van der Waals surface area contributed by atoms with E-state index in [1.807, 2.05) is 13.8 Å². The lowest BCUT2D eigenvalue weighted by molar-refractivity contribution is -0.274. The van der Waals surface area contributed by atoms with Crippen LogP contribution in [-0.2, 0) is 12.8 Å². The highest BCUT2D eigenvalue weighted by molar-refractivity contribution is 5.47. The fraction of sp³-hybridized carbons (Fsp3) is 0.480. The van der Waals surface area contributed by atoms with Crippen LogP contribution in [0, 0.1) is 35.0 Å². The van der Waals surface area contributed by atoms with Crippen LogP contribution in [0.1, 0.15) is 55.5 Å². The summed E-state index contributed by atoms with van der Waals surface area (Å²) in [5, 5.41) is 22.7. The highest BCUT2D eigenvalue weighted by atomic mass is 19.4. The van der Waals surface area contributed by atoms with Gasteiger partial charge in [0.2, 0.25) is 5.95 Å². The molecule has 2 atom stereocenters. The largest absolute Gasteiger partial charge is 0.573 e. The van der Waals surface area contributed by atoms with Crippen LogP contribution < -0.4 is 10.1 Å². The van der Waals surface area contributed by atoms with Crippen molar-refractivity contribution in [3.63, 3.8) is 0 Å². The third kappa shape index (κ3) is 6.61. The molecule has 1 aliphatic carbocycles. The van der Waals surface area contributed by atoms with Crippen molar-refractivity contribution in [2.45, 2.75) is 58.4 Å². The maximum atomic E-state index is 12.6. The van der Waals surface area contributed by atoms with E-state index in [0.29, 0.717) is 54.5 Å². The fourth-order valence-corrected chi connectivity index (χ4v) is 4.33. The van der Waals surface area contributed by atoms with Gasteiger partial charge in [0.1, 0.15) is 11.8 Å². The smallest absolute Gasteiger partial charge is 0.404 e. The van der Waals surface area contributed by atoms with Crippen molar-refractivity contribution >= 4 is 5.95 Å². The van der Waals surface area contributed by atoms with Gasteiger partial charge in [-0.25, -0.2) is 9.97 Å². The molecule has 2 N–H and O–H groups in total. The Bertz CT molecular complexity index is 1100. The zero-order valence-electron chi connectivity index (χ0n) is 19.1. The molecule has 0 radical (unpaired) electrons. The van der Waals surface area contributed by atoms with Gasteiger partial charge in [-0.3, -0.25) is 0 Å². The van der Waals surface area contributed by atoms with Crippen LogP contribution in [0.3, 0.4) is 0 Å². The number of anilines is 1. The van der Waals surface area contributed by atoms with E-state index in [-0.39, 0.29) is 17.1 Å². The van der Waals surface area contributed by atoms with E-state index < -0.39 is 12.1 Å². The van der Waals surface area contributed by atoms with Gasteiger partial charge in [0.25, 0.3) is 0 Å². The standard InChI is InChI=1S/C25H27F3N4O2/c1-4-18-7-5-16(12-21(18)34-25(26,27)28)9-10-30-23-31-15-19(14-29)20(32-23)11-17-6-8-22(33)24(2,3)13-17/h1,5,7,12,15,17,22,33H,6,8-11,13H2,2-3H3,(H,30,31,32)/t17-,22-/m0/s1. The molecule has 1 saturated carbocycles. The predicted octanol–water partition coefficient (Wildman–Crippen LogP) is 4.61. The monoisotopic (exact) mass is 472 g/mol. The van der Waals surface area contributed by atoms with Crippen molar-refractivity contribution in [3.05, 3.63) is 46.8 Å². The van der Waals surface area contributed by atoms with E-state index in [0.717, 1.165) is 12.8 Å². The number of aromatic nitrogens is 2. The lowest BCUT2D eigenvalue weighted by atomic mass is 9.69. The highest BCUT2D eigenvalue weighted by Gasteiger charge is 2.36. The number of aliphatic hydroxyl groups is 1. The second kappa shape index (κ2) is 10.3. The van der Waals surface area contributed by atoms with Gasteiger partial charge < -0.3 is 15.2 Å². The van der Waals surface area contributed by atoms with Crippen LogP contribution in [-0.4, -0.2) is 34.1 Å². The van der Waals surface area contributed by atoms with Crippen LogP contribution in [0.15, 0.2) is 24.4 Å². The summed E-state index contributed by atoms with van der Waals surface area (Å²) in [5.41, 5.74) is 1.49. The quantitative estimate of drug-likeness (QED) is 0.572. The third-order valence-corrected chi connectivity index (χ3v) is 6.16. The number of nitrogens with zero attached hydrogens (tertiary/aromatic N) is 3. The zero-order chi connectivity index (χ0) is 24.9. The topological polar surface area (TPSA) is 91.1 Å². The Balaban J connectivity index is 1.65. The molecular formula is C25H27F3N4O2. The fourth-order valence-electron chi connectivity index (χ4n) is 4.33. The second-order valence-corrected chi connectivity index (χ2v) is 9.22. The number of aliphatic hydroxyl groups excluding tert-OH is 1. The summed E-state index contributed by atoms with van der Waals surface area (Å²) < 4.78 is 41.9. The molecule has 0 aliphatic heterocycles. The zero-order valence-corrected chi connectivity index (χ0v) is 19.1. The SMILES string of the molecule is C#Cc1ccc(CCNc2ncc(C#N)c(C[C@@H]3CC[C@H](O)C(C)(C)C3)n2)cc1OC(F)(F)F. The Kier molecular flexibility index (Phi) is 7.68. The third-order valence-electron chi connectivity index (χ3n) is 6.16. The molecule has 3 rings (SSSR count). The normalized spacial score (nSPS) is 19.6. The van der Waals surface area contributed by atoms with Gasteiger partial charge in [0.15, 0.2) is 0 Å². The number of terminal acetylenes is 1. The van der Waals surface area contributed by atoms with E-state index in [4.69, 9.17) is 6.42 Å². The van der Waals surface area contributed by atoms with Gasteiger partial charge >= 0.3 is 6.36 Å². The summed E-state index contributed by atoms with van der Waals surface area (Å²) in [6, 6.07) is 6.46. The first kappa shape index (κ1) is 25.3. The maximum absolute atomic E-state index is 12.6. The molecule has 1 heterocycles. The molecule has 1 aromatic heterocycles. The van der Waals surface area contributed by atoms with Crippen LogP contribution in [0.25, 0.3) is 0 Å². The number of benzene rings is 1. The van der Waals surface area contributed by atoms with Gasteiger partial charge in [0.05, 0.1) is 29.1 Å². The Hall–Kier alpha value is -3.30. The minimum atomic E-state index is -4.83. The minimum absolute atomic E-state index is 0.0208. The summed E-state index contributed by atoms with van der Waals surface area (Å²) in [7, 11) is 0. The average molecular weight is 473 g/mol. The first-order valence-electron chi connectivity index (χ1n) is 11.0. The van der Waals surface area contributed by atoms with Crippen molar-refractivity contribution in [3.8, 4) is 24.2 Å². The number of nitriles is 1. The van der Waals surface area contributed by atoms with Crippen molar-refractivity contribution in [2.75, 3.05) is 11.9 Å². The van der Waals surface area contributed by atoms with Gasteiger partial charge in [-0.1, -0.05) is 25.8 Å². The molecule has 0 unspecified atom stereocenters. The molecule has 180 valence electrons. The molecule has 2 aromatic rings. The number of alkyl halides is 3. The lowest BCUT2D eigenvalue weighted by Crippen LogP contribution is -2.37. The van der Waals surface area contributed by atoms with Crippen molar-refractivity contribution in [1.82, 2.24) is 9.97 Å². The van der Waals surface area contributed by atoms with Gasteiger partial charge in [-0.05, 0) is 61.1 Å². The number of rotatable bonds is 7. The molecule has 9 heteroatoms. The predicted molar refractivity (Wildman–Crippen MR) is 121 cm³/mol. The molecule has 0 saturated heterocycles. The molecule has 6 nitrogen and oxygen atoms in total. The summed E-state index contributed by atoms with van der Waals surface area (Å²) in [6.07, 6.45) is 4.98. The van der Waals surface area contributed by atoms with E-state index in [2.05, 4.69) is 32.0 Å². The summed E-state index contributed by atoms with van der Waals surface area (Å²) in [5.74, 6) is 2.42. The van der Waals surface area contributed by atoms with E-state index in [9.17, 15) is 23.5 Å². The minimum Gasteiger partial charge on any atom is -0.404 e. The van der Waals surface area contributed by atoms with Gasteiger partial charge in [0, 0.05) is 6.54 Å². The van der Waals surface area contributed by atoms with Crippen molar-refractivity contribution in [1.29, 1.82) is 5.26 Å². The Morgan fingerprint density at radius 2 is 2.06 bits per heavy atom. The molecule has 0 bridgehead atoms. The molecule has 0 amide bonds. The molecule has 34 heavy (non-hydrogen) atoms.